The third kappa shape index (κ3) is 2.72. The molecule has 4 rings (SSSR count). The smallest absolute Gasteiger partial charge is 0.175 e. The first kappa shape index (κ1) is 15.9. The first-order valence-electron chi connectivity index (χ1n) is 8.02. The fraction of sp³-hybridized carbons (Fsp3) is 0.211. The molecule has 1 aromatic heterocycles. The molecule has 3 aromatic rings. The maximum Gasteiger partial charge on any atom is 0.175 e. The summed E-state index contributed by atoms with van der Waals surface area (Å²) in [6.45, 7) is 0. The Morgan fingerprint density at radius 2 is 1.84 bits per heavy atom. The highest BCUT2D eigenvalue weighted by atomic mass is 32.2. The lowest BCUT2D eigenvalue weighted by Crippen LogP contribution is -2.13. The molecule has 2 heterocycles. The van der Waals surface area contributed by atoms with Crippen LogP contribution in [0, 0.1) is 0 Å². The zero-order chi connectivity index (χ0) is 17.6. The molecule has 0 aliphatic carbocycles. The van der Waals surface area contributed by atoms with E-state index in [1.807, 2.05) is 36.5 Å². The molecule has 0 saturated heterocycles. The summed E-state index contributed by atoms with van der Waals surface area (Å²) in [7, 11) is -1.57. The molecule has 0 unspecified atom stereocenters. The van der Waals surface area contributed by atoms with Crippen molar-refractivity contribution in [3.05, 3.63) is 59.9 Å². The average Bonchev–Trinajstić information content (AvgIpc) is 3.05. The molecular weight excluding hydrogens is 336 g/mol. The van der Waals surface area contributed by atoms with Gasteiger partial charge in [-0.15, -0.1) is 0 Å². The number of rotatable bonds is 3. The molecule has 6 heteroatoms. The Bertz CT molecular complexity index is 1050. The molecule has 25 heavy (non-hydrogen) atoms. The molecule has 128 valence electrons. The molecule has 0 fully saturated rings. The Hall–Kier alpha value is -2.60. The van der Waals surface area contributed by atoms with Crippen LogP contribution in [0.4, 0.5) is 0 Å². The van der Waals surface area contributed by atoms with Gasteiger partial charge in [0, 0.05) is 23.7 Å². The number of ether oxygens (including phenoxy) is 1. The zero-order valence-electron chi connectivity index (χ0n) is 14.1. The van der Waals surface area contributed by atoms with Crippen molar-refractivity contribution in [3.8, 4) is 22.8 Å². The molecule has 0 saturated carbocycles. The molecule has 0 atom stereocenters. The monoisotopic (exact) mass is 354 g/mol. The van der Waals surface area contributed by atoms with Crippen LogP contribution < -0.4 is 4.74 Å². The Labute approximate surface area is 146 Å². The van der Waals surface area contributed by atoms with E-state index in [4.69, 9.17) is 4.74 Å². The highest BCUT2D eigenvalue weighted by Gasteiger charge is 2.22. The molecule has 1 aliphatic heterocycles. The number of nitrogens with zero attached hydrogens (tertiary/aromatic N) is 2. The van der Waals surface area contributed by atoms with Gasteiger partial charge in [-0.05, 0) is 60.9 Å². The van der Waals surface area contributed by atoms with Crippen molar-refractivity contribution in [2.75, 3.05) is 13.4 Å². The minimum Gasteiger partial charge on any atom is -0.497 e. The van der Waals surface area contributed by atoms with E-state index in [-0.39, 0.29) is 0 Å². The Morgan fingerprint density at radius 3 is 2.52 bits per heavy atom. The lowest BCUT2D eigenvalue weighted by Gasteiger charge is -2.21. The summed E-state index contributed by atoms with van der Waals surface area (Å²) >= 11 is 0. The molecule has 5 nitrogen and oxygen atoms in total. The summed E-state index contributed by atoms with van der Waals surface area (Å²) in [6, 6.07) is 13.1. The van der Waals surface area contributed by atoms with Crippen molar-refractivity contribution >= 4 is 9.84 Å². The second-order valence-corrected chi connectivity index (χ2v) is 8.22. The quantitative estimate of drug-likeness (QED) is 0.725. The first-order valence-corrected chi connectivity index (χ1v) is 9.91. The lowest BCUT2D eigenvalue weighted by atomic mass is 10.0. The van der Waals surface area contributed by atoms with Crippen LogP contribution in [0.25, 0.3) is 17.1 Å². The van der Waals surface area contributed by atoms with Crippen molar-refractivity contribution in [3.63, 3.8) is 0 Å². The summed E-state index contributed by atoms with van der Waals surface area (Å²) in [5, 5.41) is 0. The van der Waals surface area contributed by atoms with E-state index >= 15 is 0 Å². The van der Waals surface area contributed by atoms with Gasteiger partial charge in [0.05, 0.1) is 17.7 Å². The number of imidazole rings is 1. The summed E-state index contributed by atoms with van der Waals surface area (Å²) in [6.07, 6.45) is 4.78. The van der Waals surface area contributed by atoms with Crippen molar-refractivity contribution in [2.24, 2.45) is 0 Å². The van der Waals surface area contributed by atoms with Crippen LogP contribution in [0.15, 0.2) is 53.6 Å². The number of methoxy groups -OCH3 is 1. The van der Waals surface area contributed by atoms with Crippen LogP contribution in [-0.2, 0) is 22.7 Å². The van der Waals surface area contributed by atoms with Crippen LogP contribution in [0.2, 0.25) is 0 Å². The number of benzene rings is 2. The van der Waals surface area contributed by atoms with Gasteiger partial charge in [-0.2, -0.15) is 0 Å². The van der Waals surface area contributed by atoms with E-state index in [0.29, 0.717) is 4.90 Å². The van der Waals surface area contributed by atoms with Crippen molar-refractivity contribution < 1.29 is 13.2 Å². The van der Waals surface area contributed by atoms with Gasteiger partial charge in [0.2, 0.25) is 0 Å². The number of aryl methyl sites for hydroxylation is 2. The molecular formula is C19H18N2O3S. The number of hydrogen-bond donors (Lipinski definition) is 0. The Morgan fingerprint density at radius 1 is 1.08 bits per heavy atom. The molecule has 2 aromatic carbocycles. The molecule has 0 N–H and O–H groups in total. The normalized spacial score (nSPS) is 13.2. The maximum absolute atomic E-state index is 11.8. The van der Waals surface area contributed by atoms with Crippen molar-refractivity contribution in [2.45, 2.75) is 17.7 Å². The maximum atomic E-state index is 11.8. The first-order chi connectivity index (χ1) is 12.0. The second kappa shape index (κ2) is 5.74. The Kier molecular flexibility index (Phi) is 3.65. The van der Waals surface area contributed by atoms with Crippen LogP contribution in [0.5, 0.6) is 5.75 Å². The van der Waals surface area contributed by atoms with Gasteiger partial charge in [-0.1, -0.05) is 0 Å². The van der Waals surface area contributed by atoms with Gasteiger partial charge in [0.25, 0.3) is 0 Å². The molecule has 0 bridgehead atoms. The molecule has 1 aliphatic rings. The third-order valence-electron chi connectivity index (χ3n) is 4.55. The van der Waals surface area contributed by atoms with Crippen LogP contribution in [0.3, 0.4) is 0 Å². The fourth-order valence-electron chi connectivity index (χ4n) is 3.25. The van der Waals surface area contributed by atoms with Gasteiger partial charge < -0.3 is 4.74 Å². The standard InChI is InChI=1S/C19H18N2O3S/c1-24-16-7-4-13(5-8-16)19-20-12-15-6-3-14-11-17(25(2,22)23)9-10-18(14)21(15)19/h4-5,7-12H,3,6H2,1-2H3. The van der Waals surface area contributed by atoms with E-state index in [1.165, 1.54) is 6.26 Å². The summed E-state index contributed by atoms with van der Waals surface area (Å²) < 4.78 is 31.0. The number of aromatic nitrogens is 2. The van der Waals surface area contributed by atoms with Crippen LogP contribution in [-0.4, -0.2) is 31.3 Å². The van der Waals surface area contributed by atoms with Gasteiger partial charge >= 0.3 is 0 Å². The van der Waals surface area contributed by atoms with E-state index in [2.05, 4.69) is 9.55 Å². The van der Waals surface area contributed by atoms with Crippen LogP contribution >= 0.6 is 0 Å². The largest absolute Gasteiger partial charge is 0.497 e. The topological polar surface area (TPSA) is 61.2 Å². The van der Waals surface area contributed by atoms with Gasteiger partial charge in [0.15, 0.2) is 9.84 Å². The van der Waals surface area contributed by atoms with E-state index in [1.54, 1.807) is 19.2 Å². The fourth-order valence-corrected chi connectivity index (χ4v) is 3.92. The highest BCUT2D eigenvalue weighted by molar-refractivity contribution is 7.90. The second-order valence-electron chi connectivity index (χ2n) is 6.20. The van der Waals surface area contributed by atoms with Crippen molar-refractivity contribution in [1.29, 1.82) is 0 Å². The highest BCUT2D eigenvalue weighted by Crippen LogP contribution is 2.32. The molecule has 0 spiro atoms. The van der Waals surface area contributed by atoms with Gasteiger partial charge in [-0.25, -0.2) is 13.4 Å². The predicted octanol–water partition coefficient (Wildman–Crippen LogP) is 3.05. The number of hydrogen-bond acceptors (Lipinski definition) is 4. The minimum atomic E-state index is -3.21. The number of fused-ring (bicyclic) bond motifs is 3. The third-order valence-corrected chi connectivity index (χ3v) is 5.66. The molecule has 0 radical (unpaired) electrons. The molecule has 0 amide bonds. The average molecular weight is 354 g/mol. The lowest BCUT2D eigenvalue weighted by molar-refractivity contribution is 0.415. The number of sulfone groups is 1. The predicted molar refractivity (Wildman–Crippen MR) is 96.1 cm³/mol. The minimum absolute atomic E-state index is 0.362. The van der Waals surface area contributed by atoms with E-state index in [9.17, 15) is 8.42 Å². The summed E-state index contributed by atoms with van der Waals surface area (Å²) in [4.78, 5) is 4.96. The zero-order valence-corrected chi connectivity index (χ0v) is 14.9. The van der Waals surface area contributed by atoms with E-state index < -0.39 is 9.84 Å². The van der Waals surface area contributed by atoms with Crippen LogP contribution in [0.1, 0.15) is 11.3 Å². The Balaban J connectivity index is 1.85. The SMILES string of the molecule is COc1ccc(-c2ncc3n2-c2ccc(S(C)(=O)=O)cc2CC3)cc1. The van der Waals surface area contributed by atoms with Gasteiger partial charge in [0.1, 0.15) is 11.6 Å². The van der Waals surface area contributed by atoms with Crippen molar-refractivity contribution in [1.82, 2.24) is 9.55 Å². The summed E-state index contributed by atoms with van der Waals surface area (Å²) in [5.41, 5.74) is 4.15. The van der Waals surface area contributed by atoms with E-state index in [0.717, 1.165) is 46.9 Å². The van der Waals surface area contributed by atoms with Gasteiger partial charge in [-0.3, -0.25) is 4.57 Å². The summed E-state index contributed by atoms with van der Waals surface area (Å²) in [5.74, 6) is 1.65.